The van der Waals surface area contributed by atoms with Gasteiger partial charge in [0.25, 0.3) is 0 Å². The fourth-order valence-electron chi connectivity index (χ4n) is 3.30. The normalized spacial score (nSPS) is 10.6. The predicted molar refractivity (Wildman–Crippen MR) is 145 cm³/mol. The fourth-order valence-corrected chi connectivity index (χ4v) is 4.69. The van der Waals surface area contributed by atoms with Crippen LogP contribution in [-0.4, -0.2) is 39.1 Å². The number of hydrogen-bond acceptors (Lipinski definition) is 7. The van der Waals surface area contributed by atoms with Crippen LogP contribution in [0.5, 0.6) is 11.5 Å². The quantitative estimate of drug-likeness (QED) is 0.171. The maximum atomic E-state index is 6.08. The molecule has 0 unspecified atom stereocenters. The smallest absolute Gasteiger partial charge is 0.214 e. The van der Waals surface area contributed by atoms with Gasteiger partial charge in [0.1, 0.15) is 6.61 Å². The van der Waals surface area contributed by atoms with Crippen molar-refractivity contribution in [2.75, 3.05) is 18.9 Å². The number of benzene rings is 3. The molecule has 0 fully saturated rings. The molecule has 0 aliphatic heterocycles. The van der Waals surface area contributed by atoms with Gasteiger partial charge < -0.3 is 14.8 Å². The first-order valence-corrected chi connectivity index (χ1v) is 12.8. The SMILES string of the molecule is CCOc1cc(CNCCSc2nnnn2-c2ccccc2)cc(Br)c1OCc1ccccc1.Cl. The lowest BCUT2D eigenvalue weighted by atomic mass is 10.2. The molecule has 0 amide bonds. The number of nitrogens with one attached hydrogen (secondary N) is 1. The van der Waals surface area contributed by atoms with E-state index in [9.17, 15) is 0 Å². The molecule has 0 atom stereocenters. The molecule has 3 aromatic carbocycles. The van der Waals surface area contributed by atoms with Gasteiger partial charge in [0.15, 0.2) is 11.5 Å². The monoisotopic (exact) mass is 575 g/mol. The van der Waals surface area contributed by atoms with E-state index in [-0.39, 0.29) is 12.4 Å². The minimum atomic E-state index is 0. The third kappa shape index (κ3) is 7.70. The van der Waals surface area contributed by atoms with Crippen molar-refractivity contribution < 1.29 is 9.47 Å². The van der Waals surface area contributed by atoms with Crippen molar-refractivity contribution in [2.24, 2.45) is 0 Å². The van der Waals surface area contributed by atoms with Crippen molar-refractivity contribution in [3.8, 4) is 17.2 Å². The van der Waals surface area contributed by atoms with Crippen molar-refractivity contribution in [2.45, 2.75) is 25.2 Å². The van der Waals surface area contributed by atoms with Gasteiger partial charge in [0.2, 0.25) is 5.16 Å². The highest BCUT2D eigenvalue weighted by Crippen LogP contribution is 2.37. The van der Waals surface area contributed by atoms with E-state index in [0.29, 0.717) is 19.8 Å². The topological polar surface area (TPSA) is 74.1 Å². The molecule has 10 heteroatoms. The fraction of sp³-hybridized carbons (Fsp3) is 0.240. The Hall–Kier alpha value is -2.59. The molecule has 35 heavy (non-hydrogen) atoms. The van der Waals surface area contributed by atoms with Gasteiger partial charge in [-0.3, -0.25) is 0 Å². The minimum Gasteiger partial charge on any atom is -0.490 e. The van der Waals surface area contributed by atoms with Crippen LogP contribution in [0.1, 0.15) is 18.1 Å². The first-order chi connectivity index (χ1) is 16.7. The van der Waals surface area contributed by atoms with Crippen molar-refractivity contribution in [3.05, 3.63) is 88.4 Å². The van der Waals surface area contributed by atoms with Crippen molar-refractivity contribution in [3.63, 3.8) is 0 Å². The van der Waals surface area contributed by atoms with E-state index in [2.05, 4.69) is 42.8 Å². The number of rotatable bonds is 12. The lowest BCUT2D eigenvalue weighted by Gasteiger charge is -2.16. The number of para-hydroxylation sites is 1. The summed E-state index contributed by atoms with van der Waals surface area (Å²) in [6.07, 6.45) is 0. The second-order valence-corrected chi connectivity index (χ2v) is 9.26. The Morgan fingerprint density at radius 2 is 1.71 bits per heavy atom. The first kappa shape index (κ1) is 27.0. The summed E-state index contributed by atoms with van der Waals surface area (Å²) >= 11 is 5.27. The number of aromatic nitrogens is 4. The molecule has 4 aromatic rings. The van der Waals surface area contributed by atoms with E-state index < -0.39 is 0 Å². The van der Waals surface area contributed by atoms with Gasteiger partial charge in [-0.1, -0.05) is 60.3 Å². The summed E-state index contributed by atoms with van der Waals surface area (Å²) in [6.45, 7) is 4.54. The first-order valence-electron chi connectivity index (χ1n) is 11.0. The van der Waals surface area contributed by atoms with Crippen LogP contribution in [0.3, 0.4) is 0 Å². The summed E-state index contributed by atoms with van der Waals surface area (Å²) in [6, 6.07) is 24.1. The molecule has 7 nitrogen and oxygen atoms in total. The van der Waals surface area contributed by atoms with Crippen LogP contribution in [0.25, 0.3) is 5.69 Å². The molecule has 0 bridgehead atoms. The lowest BCUT2D eigenvalue weighted by molar-refractivity contribution is 0.267. The Labute approximate surface area is 224 Å². The molecule has 0 spiro atoms. The van der Waals surface area contributed by atoms with Crippen LogP contribution in [0.4, 0.5) is 0 Å². The molecule has 184 valence electrons. The highest BCUT2D eigenvalue weighted by molar-refractivity contribution is 9.10. The van der Waals surface area contributed by atoms with Gasteiger partial charge in [0, 0.05) is 18.8 Å². The Morgan fingerprint density at radius 1 is 0.971 bits per heavy atom. The Balaban J connectivity index is 0.00000342. The Morgan fingerprint density at radius 3 is 2.46 bits per heavy atom. The summed E-state index contributed by atoms with van der Waals surface area (Å²) in [7, 11) is 0. The Bertz CT molecular complexity index is 1180. The Kier molecular flexibility index (Phi) is 10.9. The van der Waals surface area contributed by atoms with Crippen LogP contribution in [0.15, 0.2) is 82.4 Å². The molecule has 0 radical (unpaired) electrons. The zero-order valence-electron chi connectivity index (χ0n) is 19.3. The summed E-state index contributed by atoms with van der Waals surface area (Å²) < 4.78 is 14.6. The largest absolute Gasteiger partial charge is 0.490 e. The van der Waals surface area contributed by atoms with Gasteiger partial charge in [0.05, 0.1) is 16.8 Å². The number of thioether (sulfide) groups is 1. The molecule has 1 N–H and O–H groups in total. The second kappa shape index (κ2) is 14.1. The number of hydrogen-bond donors (Lipinski definition) is 1. The number of nitrogens with zero attached hydrogens (tertiary/aromatic N) is 4. The average Bonchev–Trinajstić information content (AvgIpc) is 3.33. The van der Waals surface area contributed by atoms with Crippen LogP contribution in [0.2, 0.25) is 0 Å². The van der Waals surface area contributed by atoms with Gasteiger partial charge >= 0.3 is 0 Å². The van der Waals surface area contributed by atoms with Crippen LogP contribution >= 0.6 is 40.1 Å². The molecule has 1 heterocycles. The molecule has 0 aliphatic carbocycles. The van der Waals surface area contributed by atoms with Crippen LogP contribution in [0, 0.1) is 0 Å². The summed E-state index contributed by atoms with van der Waals surface area (Å²) in [4.78, 5) is 0. The molecule has 1 aromatic heterocycles. The van der Waals surface area contributed by atoms with Gasteiger partial charge in [-0.15, -0.1) is 17.5 Å². The van der Waals surface area contributed by atoms with Crippen molar-refractivity contribution in [1.29, 1.82) is 0 Å². The van der Waals surface area contributed by atoms with Crippen LogP contribution < -0.4 is 14.8 Å². The summed E-state index contributed by atoms with van der Waals surface area (Å²) in [5.41, 5.74) is 3.17. The zero-order valence-corrected chi connectivity index (χ0v) is 22.5. The number of ether oxygens (including phenoxy) is 2. The summed E-state index contributed by atoms with van der Waals surface area (Å²) in [5.74, 6) is 2.30. The third-order valence-electron chi connectivity index (χ3n) is 4.88. The average molecular weight is 577 g/mol. The molecule has 0 saturated heterocycles. The van der Waals surface area contributed by atoms with E-state index >= 15 is 0 Å². The minimum absolute atomic E-state index is 0. The van der Waals surface area contributed by atoms with E-state index in [4.69, 9.17) is 9.47 Å². The van der Waals surface area contributed by atoms with Gasteiger partial charge in [-0.05, 0) is 68.7 Å². The maximum Gasteiger partial charge on any atom is 0.214 e. The van der Waals surface area contributed by atoms with Gasteiger partial charge in [-0.25, -0.2) is 0 Å². The van der Waals surface area contributed by atoms with E-state index in [1.807, 2.05) is 73.7 Å². The van der Waals surface area contributed by atoms with E-state index in [1.165, 1.54) is 0 Å². The predicted octanol–water partition coefficient (Wildman–Crippen LogP) is 5.71. The summed E-state index contributed by atoms with van der Waals surface area (Å²) in [5, 5.41) is 16.3. The molecule has 0 saturated carbocycles. The van der Waals surface area contributed by atoms with Crippen molar-refractivity contribution >= 4 is 40.1 Å². The molecular weight excluding hydrogens is 550 g/mol. The maximum absolute atomic E-state index is 6.08. The molecular formula is C25H27BrClN5O2S. The molecule has 0 aliphatic rings. The number of halogens is 2. The van der Waals surface area contributed by atoms with Crippen molar-refractivity contribution in [1.82, 2.24) is 25.5 Å². The van der Waals surface area contributed by atoms with E-state index in [1.54, 1.807) is 16.4 Å². The van der Waals surface area contributed by atoms with E-state index in [0.717, 1.165) is 50.2 Å². The molecule has 4 rings (SSSR count). The third-order valence-corrected chi connectivity index (χ3v) is 6.39. The highest BCUT2D eigenvalue weighted by atomic mass is 79.9. The highest BCUT2D eigenvalue weighted by Gasteiger charge is 2.13. The van der Waals surface area contributed by atoms with Gasteiger partial charge in [-0.2, -0.15) is 4.68 Å². The standard InChI is InChI=1S/C25H26BrN5O2S.ClH/c1-2-32-23-16-20(15-22(26)24(23)33-18-19-9-5-3-6-10-19)17-27-13-14-34-25-28-29-30-31(25)21-11-7-4-8-12-21;/h3-12,15-16,27H,2,13-14,17-18H2,1H3;1H. The second-order valence-electron chi connectivity index (χ2n) is 7.35. The number of tetrazole rings is 1. The lowest BCUT2D eigenvalue weighted by Crippen LogP contribution is -2.17. The van der Waals surface area contributed by atoms with Crippen LogP contribution in [-0.2, 0) is 13.2 Å². The zero-order chi connectivity index (χ0) is 23.6.